The van der Waals surface area contributed by atoms with Gasteiger partial charge >= 0.3 is 0 Å². The summed E-state index contributed by atoms with van der Waals surface area (Å²) in [6.07, 6.45) is 4.28. The Morgan fingerprint density at radius 2 is 1.68 bits per heavy atom. The second kappa shape index (κ2) is 6.57. The molecule has 4 rings (SSSR count). The third-order valence-corrected chi connectivity index (χ3v) is 5.39. The molecule has 0 radical (unpaired) electrons. The van der Waals surface area contributed by atoms with Gasteiger partial charge in [0.2, 0.25) is 5.91 Å². The zero-order chi connectivity index (χ0) is 17.4. The van der Waals surface area contributed by atoms with Crippen molar-refractivity contribution in [2.24, 2.45) is 5.92 Å². The van der Waals surface area contributed by atoms with E-state index in [1.165, 1.54) is 11.3 Å². The number of hydrogen-bond acceptors (Lipinski definition) is 5. The van der Waals surface area contributed by atoms with Crippen molar-refractivity contribution in [1.29, 1.82) is 0 Å². The highest BCUT2D eigenvalue weighted by molar-refractivity contribution is 6.21. The molecule has 2 aliphatic heterocycles. The number of hydrogen-bond donors (Lipinski definition) is 2. The number of benzene rings is 1. The van der Waals surface area contributed by atoms with Crippen LogP contribution in [0.4, 0.5) is 0 Å². The van der Waals surface area contributed by atoms with Crippen molar-refractivity contribution in [3.8, 4) is 0 Å². The molecule has 2 atom stereocenters. The van der Waals surface area contributed by atoms with Gasteiger partial charge in [-0.3, -0.25) is 29.9 Å². The molecule has 1 aliphatic carbocycles. The van der Waals surface area contributed by atoms with E-state index < -0.39 is 0 Å². The first kappa shape index (κ1) is 16.2. The Bertz CT molecular complexity index is 685. The van der Waals surface area contributed by atoms with Crippen LogP contribution in [0.1, 0.15) is 46.4 Å². The summed E-state index contributed by atoms with van der Waals surface area (Å²) < 4.78 is 0. The fraction of sp³-hybridized carbons (Fsp3) is 0.500. The normalized spacial score (nSPS) is 26.0. The number of carbonyl (C=O) groups excluding carboxylic acids is 3. The van der Waals surface area contributed by atoms with Gasteiger partial charge in [-0.15, -0.1) is 0 Å². The van der Waals surface area contributed by atoms with Crippen molar-refractivity contribution >= 4 is 17.7 Å². The lowest BCUT2D eigenvalue weighted by Gasteiger charge is -2.41. The van der Waals surface area contributed by atoms with E-state index in [1.807, 2.05) is 0 Å². The molecule has 1 aromatic carbocycles. The molecule has 0 bridgehead atoms. The van der Waals surface area contributed by atoms with E-state index in [1.54, 1.807) is 29.2 Å². The first-order chi connectivity index (χ1) is 12.2. The molecule has 3 amide bonds. The van der Waals surface area contributed by atoms with E-state index in [-0.39, 0.29) is 30.3 Å². The van der Waals surface area contributed by atoms with E-state index >= 15 is 0 Å². The quantitative estimate of drug-likeness (QED) is 0.789. The van der Waals surface area contributed by atoms with E-state index in [2.05, 4.69) is 10.6 Å². The Morgan fingerprint density at radius 3 is 2.40 bits per heavy atom. The maximum absolute atomic E-state index is 12.6. The molecule has 1 aromatic rings. The van der Waals surface area contributed by atoms with Crippen LogP contribution < -0.4 is 10.6 Å². The molecule has 1 saturated carbocycles. The minimum Gasteiger partial charge on any atom is -0.317 e. The third-order valence-electron chi connectivity index (χ3n) is 5.39. The molecular formula is C18H22N4O3. The van der Waals surface area contributed by atoms with Crippen molar-refractivity contribution in [2.75, 3.05) is 20.0 Å². The van der Waals surface area contributed by atoms with Crippen LogP contribution in [0, 0.1) is 5.92 Å². The van der Waals surface area contributed by atoms with Crippen LogP contribution in [0.5, 0.6) is 0 Å². The van der Waals surface area contributed by atoms with Gasteiger partial charge in [0.15, 0.2) is 0 Å². The Labute approximate surface area is 146 Å². The summed E-state index contributed by atoms with van der Waals surface area (Å²) in [5.41, 5.74) is 0.880. The Balaban J connectivity index is 1.33. The van der Waals surface area contributed by atoms with Gasteiger partial charge in [0.05, 0.1) is 37.1 Å². The fourth-order valence-corrected chi connectivity index (χ4v) is 4.02. The summed E-state index contributed by atoms with van der Waals surface area (Å²) in [6, 6.07) is 7.13. The highest BCUT2D eigenvalue weighted by Crippen LogP contribution is 2.28. The summed E-state index contributed by atoms with van der Waals surface area (Å²) >= 11 is 0. The van der Waals surface area contributed by atoms with Crippen LogP contribution in [-0.2, 0) is 4.79 Å². The maximum Gasteiger partial charge on any atom is 0.262 e. The SMILES string of the molecule is O=C1C2CCCCC2NCN1CNCN1C(=O)c2ccccc2C1=O. The number of carbonyl (C=O) groups is 3. The zero-order valence-electron chi connectivity index (χ0n) is 14.0. The van der Waals surface area contributed by atoms with E-state index in [0.29, 0.717) is 30.5 Å². The number of amides is 3. The molecule has 25 heavy (non-hydrogen) atoms. The van der Waals surface area contributed by atoms with Gasteiger partial charge in [-0.2, -0.15) is 0 Å². The molecule has 2 heterocycles. The Kier molecular flexibility index (Phi) is 4.27. The molecule has 3 aliphatic rings. The smallest absolute Gasteiger partial charge is 0.262 e. The summed E-state index contributed by atoms with van der Waals surface area (Å²) in [4.78, 5) is 40.1. The first-order valence-electron chi connectivity index (χ1n) is 8.85. The van der Waals surface area contributed by atoms with Crippen LogP contribution in [0.25, 0.3) is 0 Å². The highest BCUT2D eigenvalue weighted by atomic mass is 16.2. The summed E-state index contributed by atoms with van der Waals surface area (Å²) in [5, 5.41) is 6.50. The first-order valence-corrected chi connectivity index (χ1v) is 8.85. The molecule has 7 nitrogen and oxygen atoms in total. The van der Waals surface area contributed by atoms with E-state index in [4.69, 9.17) is 0 Å². The average Bonchev–Trinajstić information content (AvgIpc) is 2.89. The van der Waals surface area contributed by atoms with Gasteiger partial charge in [-0.1, -0.05) is 25.0 Å². The Hall–Kier alpha value is -2.25. The van der Waals surface area contributed by atoms with Gasteiger partial charge in [-0.05, 0) is 25.0 Å². The fourth-order valence-electron chi connectivity index (χ4n) is 4.02. The standard InChI is InChI=1S/C18H22N4O3/c23-16-14-7-3-4-8-15(14)20-11-21(16)9-19-10-22-17(24)12-5-1-2-6-13(12)18(22)25/h1-2,5-6,14-15,19-20H,3-4,7-11H2. The lowest BCUT2D eigenvalue weighted by Crippen LogP contribution is -2.59. The summed E-state index contributed by atoms with van der Waals surface area (Å²) in [6.45, 7) is 0.932. The van der Waals surface area contributed by atoms with Crippen molar-refractivity contribution in [2.45, 2.75) is 31.7 Å². The number of nitrogens with one attached hydrogen (secondary N) is 2. The molecule has 0 aromatic heterocycles. The zero-order valence-corrected chi connectivity index (χ0v) is 14.0. The average molecular weight is 342 g/mol. The minimum atomic E-state index is -0.288. The van der Waals surface area contributed by atoms with Crippen molar-refractivity contribution in [3.05, 3.63) is 35.4 Å². The van der Waals surface area contributed by atoms with Crippen LogP contribution in [0.15, 0.2) is 24.3 Å². The van der Waals surface area contributed by atoms with E-state index in [0.717, 1.165) is 19.3 Å². The Morgan fingerprint density at radius 1 is 1.00 bits per heavy atom. The topological polar surface area (TPSA) is 81.8 Å². The van der Waals surface area contributed by atoms with Crippen LogP contribution >= 0.6 is 0 Å². The molecule has 2 unspecified atom stereocenters. The highest BCUT2D eigenvalue weighted by Gasteiger charge is 2.38. The molecule has 2 fully saturated rings. The molecule has 1 saturated heterocycles. The van der Waals surface area contributed by atoms with E-state index in [9.17, 15) is 14.4 Å². The maximum atomic E-state index is 12.6. The lowest BCUT2D eigenvalue weighted by atomic mass is 9.82. The summed E-state index contributed by atoms with van der Waals surface area (Å²) in [5.74, 6) is -0.353. The van der Waals surface area contributed by atoms with Crippen LogP contribution in [-0.4, -0.2) is 53.6 Å². The minimum absolute atomic E-state index is 0.0589. The predicted octanol–water partition coefficient (Wildman–Crippen LogP) is 0.735. The van der Waals surface area contributed by atoms with Crippen molar-refractivity contribution < 1.29 is 14.4 Å². The number of nitrogens with zero attached hydrogens (tertiary/aromatic N) is 2. The summed E-state index contributed by atoms with van der Waals surface area (Å²) in [7, 11) is 0. The largest absolute Gasteiger partial charge is 0.317 e. The molecule has 2 N–H and O–H groups in total. The number of fused-ring (bicyclic) bond motifs is 2. The van der Waals surface area contributed by atoms with Gasteiger partial charge in [0.25, 0.3) is 11.8 Å². The van der Waals surface area contributed by atoms with Crippen molar-refractivity contribution in [3.63, 3.8) is 0 Å². The lowest BCUT2D eigenvalue weighted by molar-refractivity contribution is -0.142. The molecule has 132 valence electrons. The number of rotatable bonds is 4. The second-order valence-corrected chi connectivity index (χ2v) is 6.89. The van der Waals surface area contributed by atoms with Crippen LogP contribution in [0.2, 0.25) is 0 Å². The van der Waals surface area contributed by atoms with Gasteiger partial charge < -0.3 is 4.90 Å². The predicted molar refractivity (Wildman–Crippen MR) is 90.4 cm³/mol. The monoisotopic (exact) mass is 342 g/mol. The number of imide groups is 1. The molecular weight excluding hydrogens is 320 g/mol. The third kappa shape index (κ3) is 2.83. The second-order valence-electron chi connectivity index (χ2n) is 6.89. The molecule has 7 heteroatoms. The van der Waals surface area contributed by atoms with Crippen molar-refractivity contribution in [1.82, 2.24) is 20.4 Å². The molecule has 0 spiro atoms. The van der Waals surface area contributed by atoms with Crippen LogP contribution in [0.3, 0.4) is 0 Å². The van der Waals surface area contributed by atoms with Gasteiger partial charge in [0, 0.05) is 6.04 Å². The van der Waals surface area contributed by atoms with Gasteiger partial charge in [-0.25, -0.2) is 0 Å². The van der Waals surface area contributed by atoms with Gasteiger partial charge in [0.1, 0.15) is 0 Å².